The van der Waals surface area contributed by atoms with Crippen molar-refractivity contribution in [3.63, 3.8) is 0 Å². The van der Waals surface area contributed by atoms with Gasteiger partial charge in [0.15, 0.2) is 0 Å². The molecule has 0 spiro atoms. The highest BCUT2D eigenvalue weighted by Gasteiger charge is 2.09. The van der Waals surface area contributed by atoms with Crippen molar-refractivity contribution in [2.24, 2.45) is 0 Å². The second-order valence-electron chi connectivity index (χ2n) is 4.68. The van der Waals surface area contributed by atoms with Crippen LogP contribution < -0.4 is 10.6 Å². The van der Waals surface area contributed by atoms with Crippen LogP contribution in [0.2, 0.25) is 0 Å². The molecule has 2 rings (SSSR count). The van der Waals surface area contributed by atoms with Gasteiger partial charge < -0.3 is 10.6 Å². The van der Waals surface area contributed by atoms with Crippen molar-refractivity contribution in [3.05, 3.63) is 53.7 Å². The maximum absolute atomic E-state index is 8.99. The minimum Gasteiger partial charge on any atom is -0.399 e. The number of nitrogen functional groups attached to an aromatic ring is 1. The van der Waals surface area contributed by atoms with Crippen LogP contribution in [0.4, 0.5) is 11.5 Å². The van der Waals surface area contributed by atoms with E-state index in [1.54, 1.807) is 12.3 Å². The third-order valence-corrected chi connectivity index (χ3v) is 3.02. The minimum absolute atomic E-state index is 0.628. The zero-order valence-electron chi connectivity index (χ0n) is 11.6. The number of nitrogens with zero attached hydrogens (tertiary/aromatic N) is 3. The van der Waals surface area contributed by atoms with Crippen LogP contribution in [0.25, 0.3) is 0 Å². The average Bonchev–Trinajstić information content (AvgIpc) is 2.47. The number of anilines is 2. The lowest BCUT2D eigenvalue weighted by molar-refractivity contribution is 0.755. The fourth-order valence-electron chi connectivity index (χ4n) is 2.12. The van der Waals surface area contributed by atoms with Gasteiger partial charge in [0.1, 0.15) is 5.82 Å². The Balaban J connectivity index is 2.24. The van der Waals surface area contributed by atoms with Crippen LogP contribution in [-0.2, 0) is 6.54 Å². The lowest BCUT2D eigenvalue weighted by Crippen LogP contribution is -2.24. The second kappa shape index (κ2) is 6.58. The summed E-state index contributed by atoms with van der Waals surface area (Å²) in [7, 11) is 0. The summed E-state index contributed by atoms with van der Waals surface area (Å²) in [6.07, 6.45) is 2.69. The summed E-state index contributed by atoms with van der Waals surface area (Å²) in [5.74, 6) is 0.827. The fraction of sp³-hybridized carbons (Fsp3) is 0.250. The molecule has 1 aromatic carbocycles. The number of nitriles is 1. The van der Waals surface area contributed by atoms with E-state index < -0.39 is 0 Å². The number of pyridine rings is 1. The first-order valence-electron chi connectivity index (χ1n) is 6.68. The summed E-state index contributed by atoms with van der Waals surface area (Å²) in [5.41, 5.74) is 8.35. The number of aromatic nitrogens is 1. The molecule has 4 nitrogen and oxygen atoms in total. The Bertz CT molecular complexity index is 616. The predicted molar refractivity (Wildman–Crippen MR) is 81.1 cm³/mol. The molecule has 20 heavy (non-hydrogen) atoms. The van der Waals surface area contributed by atoms with Crippen molar-refractivity contribution in [1.82, 2.24) is 4.98 Å². The van der Waals surface area contributed by atoms with Gasteiger partial charge in [-0.15, -0.1) is 0 Å². The molecule has 0 aliphatic heterocycles. The zero-order chi connectivity index (χ0) is 14.4. The molecular formula is C16H18N4. The van der Waals surface area contributed by atoms with E-state index in [1.807, 2.05) is 30.3 Å². The van der Waals surface area contributed by atoms with Crippen molar-refractivity contribution in [3.8, 4) is 6.07 Å². The monoisotopic (exact) mass is 266 g/mol. The quantitative estimate of drug-likeness (QED) is 0.845. The van der Waals surface area contributed by atoms with E-state index >= 15 is 0 Å². The predicted octanol–water partition coefficient (Wildman–Crippen LogP) is 2.95. The minimum atomic E-state index is 0.628. The summed E-state index contributed by atoms with van der Waals surface area (Å²) in [6, 6.07) is 13.5. The summed E-state index contributed by atoms with van der Waals surface area (Å²) in [5, 5.41) is 8.99. The molecule has 0 aliphatic carbocycles. The highest BCUT2D eigenvalue weighted by Crippen LogP contribution is 2.17. The van der Waals surface area contributed by atoms with Gasteiger partial charge in [0, 0.05) is 25.0 Å². The van der Waals surface area contributed by atoms with Gasteiger partial charge in [-0.05, 0) is 36.2 Å². The first-order valence-corrected chi connectivity index (χ1v) is 6.68. The number of hydrogen-bond acceptors (Lipinski definition) is 4. The Kier molecular flexibility index (Phi) is 4.56. The standard InChI is InChI=1S/C16H18N4/c1-2-8-20(12-14-4-3-5-15(18)9-14)16-10-13(11-17)6-7-19-16/h3-7,9-10H,2,8,12,18H2,1H3. The molecule has 0 atom stereocenters. The van der Waals surface area contributed by atoms with Gasteiger partial charge >= 0.3 is 0 Å². The van der Waals surface area contributed by atoms with E-state index in [2.05, 4.69) is 22.9 Å². The Labute approximate surface area is 119 Å². The van der Waals surface area contributed by atoms with Crippen molar-refractivity contribution in [2.75, 3.05) is 17.2 Å². The molecule has 0 saturated carbocycles. The number of hydrogen-bond donors (Lipinski definition) is 1. The van der Waals surface area contributed by atoms with E-state index in [4.69, 9.17) is 11.0 Å². The van der Waals surface area contributed by atoms with Crippen LogP contribution >= 0.6 is 0 Å². The van der Waals surface area contributed by atoms with Crippen LogP contribution in [-0.4, -0.2) is 11.5 Å². The molecular weight excluding hydrogens is 248 g/mol. The van der Waals surface area contributed by atoms with E-state index in [0.717, 1.165) is 36.6 Å². The molecule has 102 valence electrons. The fourth-order valence-corrected chi connectivity index (χ4v) is 2.12. The molecule has 0 radical (unpaired) electrons. The van der Waals surface area contributed by atoms with Gasteiger partial charge in [-0.3, -0.25) is 0 Å². The Morgan fingerprint density at radius 2 is 2.15 bits per heavy atom. The summed E-state index contributed by atoms with van der Waals surface area (Å²) < 4.78 is 0. The molecule has 2 N–H and O–H groups in total. The molecule has 1 heterocycles. The molecule has 0 fully saturated rings. The third-order valence-electron chi connectivity index (χ3n) is 3.02. The van der Waals surface area contributed by atoms with Crippen LogP contribution in [0.5, 0.6) is 0 Å². The van der Waals surface area contributed by atoms with Crippen molar-refractivity contribution in [2.45, 2.75) is 19.9 Å². The Morgan fingerprint density at radius 3 is 2.85 bits per heavy atom. The van der Waals surface area contributed by atoms with Gasteiger partial charge in [0.25, 0.3) is 0 Å². The SMILES string of the molecule is CCCN(Cc1cccc(N)c1)c1cc(C#N)ccn1. The molecule has 0 unspecified atom stereocenters. The lowest BCUT2D eigenvalue weighted by Gasteiger charge is -2.23. The van der Waals surface area contributed by atoms with Gasteiger partial charge in [-0.1, -0.05) is 19.1 Å². The summed E-state index contributed by atoms with van der Waals surface area (Å²) >= 11 is 0. The zero-order valence-corrected chi connectivity index (χ0v) is 11.6. The van der Waals surface area contributed by atoms with Gasteiger partial charge in [0.2, 0.25) is 0 Å². The maximum Gasteiger partial charge on any atom is 0.130 e. The summed E-state index contributed by atoms with van der Waals surface area (Å²) in [6.45, 7) is 3.75. The molecule has 0 bridgehead atoms. The highest BCUT2D eigenvalue weighted by molar-refractivity contribution is 5.47. The molecule has 1 aromatic heterocycles. The average molecular weight is 266 g/mol. The normalized spacial score (nSPS) is 10.0. The number of rotatable bonds is 5. The molecule has 0 saturated heterocycles. The van der Waals surface area contributed by atoms with E-state index in [0.29, 0.717) is 5.56 Å². The van der Waals surface area contributed by atoms with Crippen LogP contribution in [0, 0.1) is 11.3 Å². The van der Waals surface area contributed by atoms with Crippen molar-refractivity contribution in [1.29, 1.82) is 5.26 Å². The Hall–Kier alpha value is -2.54. The second-order valence-corrected chi connectivity index (χ2v) is 4.68. The largest absolute Gasteiger partial charge is 0.399 e. The van der Waals surface area contributed by atoms with Crippen molar-refractivity contribution < 1.29 is 0 Å². The van der Waals surface area contributed by atoms with E-state index in [1.165, 1.54) is 0 Å². The summed E-state index contributed by atoms with van der Waals surface area (Å²) in [4.78, 5) is 6.53. The van der Waals surface area contributed by atoms with Crippen LogP contribution in [0.15, 0.2) is 42.6 Å². The molecule has 0 aliphatic rings. The molecule has 4 heteroatoms. The topological polar surface area (TPSA) is 65.9 Å². The molecule has 2 aromatic rings. The van der Waals surface area contributed by atoms with Crippen molar-refractivity contribution >= 4 is 11.5 Å². The van der Waals surface area contributed by atoms with Gasteiger partial charge in [-0.25, -0.2) is 4.98 Å². The first-order chi connectivity index (χ1) is 9.72. The van der Waals surface area contributed by atoms with Gasteiger partial charge in [0.05, 0.1) is 11.6 Å². The van der Waals surface area contributed by atoms with Crippen LogP contribution in [0.3, 0.4) is 0 Å². The smallest absolute Gasteiger partial charge is 0.130 e. The van der Waals surface area contributed by atoms with E-state index in [-0.39, 0.29) is 0 Å². The lowest BCUT2D eigenvalue weighted by atomic mass is 10.2. The van der Waals surface area contributed by atoms with E-state index in [9.17, 15) is 0 Å². The molecule has 0 amide bonds. The number of nitrogens with two attached hydrogens (primary N) is 1. The van der Waals surface area contributed by atoms with Gasteiger partial charge in [-0.2, -0.15) is 5.26 Å². The van der Waals surface area contributed by atoms with Crippen LogP contribution in [0.1, 0.15) is 24.5 Å². The maximum atomic E-state index is 8.99. The Morgan fingerprint density at radius 1 is 1.30 bits per heavy atom. The third kappa shape index (κ3) is 3.48. The highest BCUT2D eigenvalue weighted by atomic mass is 15.2. The first kappa shape index (κ1) is 13.9. The number of benzene rings is 1.